The molecule has 8 heavy (non-hydrogen) atoms. The molecular weight excluding hydrogens is 131 g/mol. The maximum atomic E-state index is 8.36. The second-order valence-corrected chi connectivity index (χ2v) is 0.211. The van der Waals surface area contributed by atoms with Crippen LogP contribution in [-0.2, 0) is 9.59 Å². The molecule has 0 unspecified atom stereocenters. The molecule has 0 aliphatic rings. The molecular formula is C2H8AlO5. The average molecular weight is 139 g/mol. The smallest absolute Gasteiger partial charge is 0.290 e. The lowest BCUT2D eigenvalue weighted by molar-refractivity contribution is -0.123. The standard InChI is InChI=1S/2CH2O2.Al.H2O.2H/c2*2-1-3;;;;/h2*1H,(H,2,3);;1H2;;. The summed E-state index contributed by atoms with van der Waals surface area (Å²) in [6.07, 6.45) is 0. The summed E-state index contributed by atoms with van der Waals surface area (Å²) >= 11 is 0. The minimum Gasteiger partial charge on any atom is -0.483 e. The van der Waals surface area contributed by atoms with Crippen LogP contribution in [0.5, 0.6) is 0 Å². The quantitative estimate of drug-likeness (QED) is 0.289. The van der Waals surface area contributed by atoms with Crippen molar-refractivity contribution in [3.8, 4) is 0 Å². The second-order valence-electron chi connectivity index (χ2n) is 0.211. The minimum absolute atomic E-state index is 0. The molecule has 0 aromatic heterocycles. The third-order valence-electron chi connectivity index (χ3n) is 0. The van der Waals surface area contributed by atoms with Crippen LogP contribution in [0.2, 0.25) is 0 Å². The van der Waals surface area contributed by atoms with Gasteiger partial charge >= 0.3 is 0 Å². The number of carbonyl (C=O) groups is 2. The Bertz CT molecular complexity index is 31.4. The predicted octanol–water partition coefficient (Wildman–Crippen LogP) is -2.34. The van der Waals surface area contributed by atoms with E-state index in [1.165, 1.54) is 0 Å². The third-order valence-corrected chi connectivity index (χ3v) is 0. The first kappa shape index (κ1) is 26.1. The van der Waals surface area contributed by atoms with Gasteiger partial charge in [0.25, 0.3) is 12.9 Å². The Balaban J connectivity index is -0.0000000160. The zero-order valence-corrected chi connectivity index (χ0v) is 6.37. The molecule has 0 bridgehead atoms. The van der Waals surface area contributed by atoms with Crippen molar-refractivity contribution in [3.05, 3.63) is 0 Å². The van der Waals surface area contributed by atoms with Crippen molar-refractivity contribution in [1.82, 2.24) is 0 Å². The fraction of sp³-hybridized carbons (Fsp3) is 0. The highest BCUT2D eigenvalue weighted by Gasteiger charge is 1.22. The first-order valence-corrected chi connectivity index (χ1v) is 0.988. The van der Waals surface area contributed by atoms with E-state index in [0.717, 1.165) is 0 Å². The zero-order chi connectivity index (χ0) is 5.41. The van der Waals surface area contributed by atoms with Gasteiger partial charge in [0, 0.05) is 0 Å². The van der Waals surface area contributed by atoms with Crippen molar-refractivity contribution in [2.75, 3.05) is 0 Å². The first-order valence-electron chi connectivity index (χ1n) is 0.988. The van der Waals surface area contributed by atoms with E-state index < -0.39 is 0 Å². The van der Waals surface area contributed by atoms with Crippen molar-refractivity contribution in [2.24, 2.45) is 0 Å². The molecule has 0 saturated heterocycles. The summed E-state index contributed by atoms with van der Waals surface area (Å²) in [6, 6.07) is 0. The molecule has 0 fully saturated rings. The maximum Gasteiger partial charge on any atom is 0.290 e. The van der Waals surface area contributed by atoms with E-state index in [-0.39, 0.29) is 35.8 Å². The van der Waals surface area contributed by atoms with Gasteiger partial charge in [-0.05, 0) is 0 Å². The highest BCUT2D eigenvalue weighted by atomic mass is 27.0. The van der Waals surface area contributed by atoms with Crippen LogP contribution in [0.1, 0.15) is 0 Å². The van der Waals surface area contributed by atoms with E-state index >= 15 is 0 Å². The molecule has 49 valence electrons. The normalized spacial score (nSPS) is 3.00. The monoisotopic (exact) mass is 139 g/mol. The summed E-state index contributed by atoms with van der Waals surface area (Å²) in [6.45, 7) is -0.500. The van der Waals surface area contributed by atoms with Gasteiger partial charge in [0.15, 0.2) is 0 Å². The van der Waals surface area contributed by atoms with Crippen LogP contribution in [0, 0.1) is 0 Å². The molecule has 0 atom stereocenters. The van der Waals surface area contributed by atoms with Crippen molar-refractivity contribution in [1.29, 1.82) is 0 Å². The summed E-state index contributed by atoms with van der Waals surface area (Å²) in [5, 5.41) is 13.8. The molecule has 0 saturated carbocycles. The van der Waals surface area contributed by atoms with E-state index in [1.807, 2.05) is 0 Å². The summed E-state index contributed by atoms with van der Waals surface area (Å²) < 4.78 is 0. The van der Waals surface area contributed by atoms with Crippen molar-refractivity contribution in [2.45, 2.75) is 0 Å². The third kappa shape index (κ3) is 331. The Morgan fingerprint density at radius 1 is 1.00 bits per heavy atom. The van der Waals surface area contributed by atoms with Gasteiger partial charge in [0.05, 0.1) is 0 Å². The molecule has 0 heterocycles. The summed E-state index contributed by atoms with van der Waals surface area (Å²) in [5.74, 6) is 0. The molecule has 0 aliphatic carbocycles. The molecule has 1 radical (unpaired) electrons. The van der Waals surface area contributed by atoms with Gasteiger partial charge in [0.2, 0.25) is 0 Å². The first-order chi connectivity index (χ1) is 2.83. The topological polar surface area (TPSA) is 106 Å². The van der Waals surface area contributed by atoms with Gasteiger partial charge < -0.3 is 15.7 Å². The minimum atomic E-state index is -0.250. The van der Waals surface area contributed by atoms with Gasteiger partial charge in [-0.15, -0.1) is 0 Å². The number of carboxylic acid groups (broad SMARTS) is 2. The fourth-order valence-corrected chi connectivity index (χ4v) is 0. The van der Waals surface area contributed by atoms with Crippen LogP contribution in [-0.4, -0.2) is 46.0 Å². The molecule has 0 aliphatic heterocycles. The number of hydrogen-bond donors (Lipinski definition) is 2. The molecule has 0 rings (SSSR count). The molecule has 0 aromatic rings. The largest absolute Gasteiger partial charge is 0.483 e. The van der Waals surface area contributed by atoms with Crippen LogP contribution < -0.4 is 0 Å². The Morgan fingerprint density at radius 2 is 1.00 bits per heavy atom. The fourth-order valence-electron chi connectivity index (χ4n) is 0. The van der Waals surface area contributed by atoms with Crippen LogP contribution in [0.15, 0.2) is 0 Å². The van der Waals surface area contributed by atoms with Crippen molar-refractivity contribution < 1.29 is 25.3 Å². The Hall–Kier alpha value is -0.568. The van der Waals surface area contributed by atoms with Gasteiger partial charge in [-0.25, -0.2) is 0 Å². The molecule has 0 aromatic carbocycles. The lowest BCUT2D eigenvalue weighted by Gasteiger charge is -1.34. The lowest BCUT2D eigenvalue weighted by Crippen LogP contribution is -1.49. The lowest BCUT2D eigenvalue weighted by atomic mass is 11.7. The van der Waals surface area contributed by atoms with E-state index in [2.05, 4.69) is 0 Å². The Morgan fingerprint density at radius 3 is 1.00 bits per heavy atom. The maximum absolute atomic E-state index is 8.36. The van der Waals surface area contributed by atoms with Crippen molar-refractivity contribution >= 4 is 30.3 Å². The second kappa shape index (κ2) is 92.5. The summed E-state index contributed by atoms with van der Waals surface area (Å²) in [5.41, 5.74) is 0. The number of hydrogen-bond acceptors (Lipinski definition) is 2. The number of rotatable bonds is 0. The van der Waals surface area contributed by atoms with Gasteiger partial charge in [-0.2, -0.15) is 0 Å². The molecule has 0 amide bonds. The zero-order valence-electron chi connectivity index (χ0n) is 4.37. The van der Waals surface area contributed by atoms with Crippen LogP contribution in [0.3, 0.4) is 0 Å². The Kier molecular flexibility index (Phi) is 302. The SMILES string of the molecule is O.O=CO.O=CO.[AlH2]. The highest BCUT2D eigenvalue weighted by Crippen LogP contribution is 0.969. The van der Waals surface area contributed by atoms with Gasteiger partial charge in [-0.1, -0.05) is 0 Å². The van der Waals surface area contributed by atoms with Crippen LogP contribution in [0.4, 0.5) is 0 Å². The van der Waals surface area contributed by atoms with E-state index in [1.54, 1.807) is 0 Å². The van der Waals surface area contributed by atoms with Crippen LogP contribution >= 0.6 is 0 Å². The van der Waals surface area contributed by atoms with Crippen molar-refractivity contribution in [3.63, 3.8) is 0 Å². The molecule has 0 spiro atoms. The average Bonchev–Trinajstić information content (AvgIpc) is 1.39. The van der Waals surface area contributed by atoms with E-state index in [0.29, 0.717) is 0 Å². The van der Waals surface area contributed by atoms with Gasteiger partial charge in [0.1, 0.15) is 17.4 Å². The summed E-state index contributed by atoms with van der Waals surface area (Å²) in [4.78, 5) is 16.7. The van der Waals surface area contributed by atoms with E-state index in [9.17, 15) is 0 Å². The summed E-state index contributed by atoms with van der Waals surface area (Å²) in [7, 11) is 0. The molecule has 5 nitrogen and oxygen atoms in total. The molecule has 4 N–H and O–H groups in total. The van der Waals surface area contributed by atoms with E-state index in [4.69, 9.17) is 19.8 Å². The highest BCUT2D eigenvalue weighted by molar-refractivity contribution is 5.75. The molecule has 6 heteroatoms. The van der Waals surface area contributed by atoms with Crippen LogP contribution in [0.25, 0.3) is 0 Å². The predicted molar refractivity (Wildman–Crippen MR) is 29.5 cm³/mol. The Labute approximate surface area is 56.4 Å². The van der Waals surface area contributed by atoms with Gasteiger partial charge in [-0.3, -0.25) is 9.59 Å².